The summed E-state index contributed by atoms with van der Waals surface area (Å²) < 4.78 is 5.33. The van der Waals surface area contributed by atoms with Crippen LogP contribution in [-0.4, -0.2) is 19.1 Å². The molecule has 0 saturated heterocycles. The molecular formula is C11H19ClO. The molecule has 2 rings (SSSR count). The molecule has 0 heterocycles. The van der Waals surface area contributed by atoms with Gasteiger partial charge in [-0.05, 0) is 49.9 Å². The minimum atomic E-state index is 0.372. The smallest absolute Gasteiger partial charge is 0.0548 e. The molecule has 0 aromatic carbocycles. The van der Waals surface area contributed by atoms with E-state index in [9.17, 15) is 0 Å². The Labute approximate surface area is 85.8 Å². The minimum absolute atomic E-state index is 0.372. The van der Waals surface area contributed by atoms with Crippen LogP contribution >= 0.6 is 11.6 Å². The van der Waals surface area contributed by atoms with E-state index in [-0.39, 0.29) is 0 Å². The van der Waals surface area contributed by atoms with Gasteiger partial charge in [0, 0.05) is 13.0 Å². The fourth-order valence-corrected chi connectivity index (χ4v) is 3.36. The monoisotopic (exact) mass is 202 g/mol. The first kappa shape index (κ1) is 9.79. The molecule has 0 bridgehead atoms. The highest BCUT2D eigenvalue weighted by atomic mass is 35.5. The Bertz CT molecular complexity index is 183. The SMILES string of the molecule is COC(C)CC1(CCl)CC2CC2C1. The van der Waals surface area contributed by atoms with E-state index in [0.29, 0.717) is 11.5 Å². The van der Waals surface area contributed by atoms with E-state index in [2.05, 4.69) is 6.92 Å². The fourth-order valence-electron chi connectivity index (χ4n) is 3.03. The molecule has 0 spiro atoms. The molecule has 0 amide bonds. The molecular weight excluding hydrogens is 184 g/mol. The van der Waals surface area contributed by atoms with E-state index in [0.717, 1.165) is 24.1 Å². The first-order valence-electron chi connectivity index (χ1n) is 5.28. The molecule has 76 valence electrons. The molecule has 2 aliphatic carbocycles. The van der Waals surface area contributed by atoms with E-state index in [1.807, 2.05) is 0 Å². The summed E-state index contributed by atoms with van der Waals surface area (Å²) in [5.74, 6) is 2.86. The zero-order chi connectivity index (χ0) is 9.47. The average Bonchev–Trinajstić information content (AvgIpc) is 2.75. The van der Waals surface area contributed by atoms with Crippen LogP contribution in [0.5, 0.6) is 0 Å². The lowest BCUT2D eigenvalue weighted by Gasteiger charge is -2.30. The second-order valence-corrected chi connectivity index (χ2v) is 5.32. The zero-order valence-corrected chi connectivity index (χ0v) is 9.31. The maximum atomic E-state index is 6.10. The minimum Gasteiger partial charge on any atom is -0.382 e. The Morgan fingerprint density at radius 3 is 2.54 bits per heavy atom. The summed E-state index contributed by atoms with van der Waals surface area (Å²) in [6, 6.07) is 0. The van der Waals surface area contributed by atoms with Gasteiger partial charge in [0.1, 0.15) is 0 Å². The Morgan fingerprint density at radius 2 is 2.08 bits per heavy atom. The van der Waals surface area contributed by atoms with Crippen LogP contribution in [0.4, 0.5) is 0 Å². The molecule has 0 N–H and O–H groups in total. The molecule has 0 radical (unpaired) electrons. The van der Waals surface area contributed by atoms with Crippen molar-refractivity contribution in [1.82, 2.24) is 0 Å². The van der Waals surface area contributed by atoms with Gasteiger partial charge in [-0.2, -0.15) is 0 Å². The van der Waals surface area contributed by atoms with Crippen LogP contribution in [0.1, 0.15) is 32.6 Å². The van der Waals surface area contributed by atoms with Crippen molar-refractivity contribution in [1.29, 1.82) is 0 Å². The summed E-state index contributed by atoms with van der Waals surface area (Å²) in [7, 11) is 1.79. The molecule has 3 unspecified atom stereocenters. The lowest BCUT2D eigenvalue weighted by Crippen LogP contribution is -2.26. The largest absolute Gasteiger partial charge is 0.382 e. The highest BCUT2D eigenvalue weighted by Crippen LogP contribution is 2.61. The lowest BCUT2D eigenvalue weighted by atomic mass is 9.80. The zero-order valence-electron chi connectivity index (χ0n) is 8.55. The number of halogens is 1. The summed E-state index contributed by atoms with van der Waals surface area (Å²) in [6.45, 7) is 2.15. The molecule has 2 fully saturated rings. The maximum Gasteiger partial charge on any atom is 0.0548 e. The van der Waals surface area contributed by atoms with Crippen LogP contribution in [0, 0.1) is 17.3 Å². The predicted octanol–water partition coefficient (Wildman–Crippen LogP) is 3.07. The van der Waals surface area contributed by atoms with Crippen LogP contribution < -0.4 is 0 Å². The van der Waals surface area contributed by atoms with Gasteiger partial charge in [0.15, 0.2) is 0 Å². The third-order valence-electron chi connectivity index (χ3n) is 3.87. The molecule has 13 heavy (non-hydrogen) atoms. The molecule has 2 aliphatic rings. The first-order chi connectivity index (χ1) is 6.19. The summed E-state index contributed by atoms with van der Waals surface area (Å²) in [5, 5.41) is 0. The van der Waals surface area contributed by atoms with Crippen molar-refractivity contribution in [2.45, 2.75) is 38.7 Å². The van der Waals surface area contributed by atoms with E-state index in [1.54, 1.807) is 7.11 Å². The molecule has 0 aliphatic heterocycles. The molecule has 0 aromatic heterocycles. The van der Waals surface area contributed by atoms with Crippen LogP contribution in [0.3, 0.4) is 0 Å². The van der Waals surface area contributed by atoms with Crippen molar-refractivity contribution >= 4 is 11.6 Å². The standard InChI is InChI=1S/C11H19ClO/c1-8(13-2)4-11(7-12)5-9-3-10(9)6-11/h8-10H,3-7H2,1-2H3. The van der Waals surface area contributed by atoms with E-state index >= 15 is 0 Å². The normalized spacial score (nSPS) is 44.5. The van der Waals surface area contributed by atoms with Crippen molar-refractivity contribution in [3.8, 4) is 0 Å². The topological polar surface area (TPSA) is 9.23 Å². The van der Waals surface area contributed by atoms with Gasteiger partial charge >= 0.3 is 0 Å². The summed E-state index contributed by atoms with van der Waals surface area (Å²) in [5.41, 5.74) is 0.421. The molecule has 3 atom stereocenters. The highest BCUT2D eigenvalue weighted by molar-refractivity contribution is 6.18. The Kier molecular flexibility index (Phi) is 2.59. The van der Waals surface area contributed by atoms with Crippen LogP contribution in [-0.2, 0) is 4.74 Å². The Morgan fingerprint density at radius 1 is 1.46 bits per heavy atom. The first-order valence-corrected chi connectivity index (χ1v) is 5.81. The van der Waals surface area contributed by atoms with Crippen LogP contribution in [0.15, 0.2) is 0 Å². The van der Waals surface area contributed by atoms with Gasteiger partial charge in [0.05, 0.1) is 6.10 Å². The maximum absolute atomic E-state index is 6.10. The van der Waals surface area contributed by atoms with Crippen molar-refractivity contribution in [2.24, 2.45) is 17.3 Å². The number of methoxy groups -OCH3 is 1. The number of hydrogen-bond donors (Lipinski definition) is 0. The Balaban J connectivity index is 1.92. The van der Waals surface area contributed by atoms with Gasteiger partial charge in [-0.1, -0.05) is 0 Å². The van der Waals surface area contributed by atoms with Crippen LogP contribution in [0.25, 0.3) is 0 Å². The van der Waals surface area contributed by atoms with Gasteiger partial charge in [-0.15, -0.1) is 11.6 Å². The van der Waals surface area contributed by atoms with Gasteiger partial charge in [0.2, 0.25) is 0 Å². The molecule has 1 nitrogen and oxygen atoms in total. The lowest BCUT2D eigenvalue weighted by molar-refractivity contribution is 0.0687. The average molecular weight is 203 g/mol. The number of fused-ring (bicyclic) bond motifs is 1. The Hall–Kier alpha value is 0.250. The molecule has 0 aromatic rings. The fraction of sp³-hybridized carbons (Fsp3) is 1.00. The van der Waals surface area contributed by atoms with Crippen molar-refractivity contribution < 1.29 is 4.74 Å². The molecule has 2 saturated carbocycles. The number of hydrogen-bond acceptors (Lipinski definition) is 1. The van der Waals surface area contributed by atoms with Gasteiger partial charge < -0.3 is 4.74 Å². The second kappa shape index (κ2) is 3.43. The summed E-state index contributed by atoms with van der Waals surface area (Å²) in [6.07, 6.45) is 5.71. The number of rotatable bonds is 4. The van der Waals surface area contributed by atoms with Crippen molar-refractivity contribution in [3.05, 3.63) is 0 Å². The van der Waals surface area contributed by atoms with Gasteiger partial charge in [-0.25, -0.2) is 0 Å². The number of alkyl halides is 1. The quantitative estimate of drug-likeness (QED) is 0.637. The third kappa shape index (κ3) is 1.87. The van der Waals surface area contributed by atoms with E-state index in [4.69, 9.17) is 16.3 Å². The number of ether oxygens (including phenoxy) is 1. The third-order valence-corrected chi connectivity index (χ3v) is 4.43. The van der Waals surface area contributed by atoms with Crippen LogP contribution in [0.2, 0.25) is 0 Å². The van der Waals surface area contributed by atoms with Crippen molar-refractivity contribution in [2.75, 3.05) is 13.0 Å². The van der Waals surface area contributed by atoms with E-state index in [1.165, 1.54) is 19.3 Å². The summed E-state index contributed by atoms with van der Waals surface area (Å²) in [4.78, 5) is 0. The van der Waals surface area contributed by atoms with E-state index < -0.39 is 0 Å². The molecule has 2 heteroatoms. The second-order valence-electron chi connectivity index (χ2n) is 5.05. The predicted molar refractivity (Wildman–Crippen MR) is 55.1 cm³/mol. The summed E-state index contributed by atoms with van der Waals surface area (Å²) >= 11 is 6.10. The van der Waals surface area contributed by atoms with Gasteiger partial charge in [0.25, 0.3) is 0 Å². The van der Waals surface area contributed by atoms with Gasteiger partial charge in [-0.3, -0.25) is 0 Å². The van der Waals surface area contributed by atoms with Crippen molar-refractivity contribution in [3.63, 3.8) is 0 Å². The highest BCUT2D eigenvalue weighted by Gasteiger charge is 2.53.